The van der Waals surface area contributed by atoms with Crippen molar-refractivity contribution in [1.29, 1.82) is 0 Å². The number of hydrogen-bond donors (Lipinski definition) is 1. The number of guanidine groups is 1. The van der Waals surface area contributed by atoms with Crippen LogP contribution in [0.25, 0.3) is 0 Å². The molecule has 0 spiro atoms. The van der Waals surface area contributed by atoms with Gasteiger partial charge < -0.3 is 15.0 Å². The molecule has 0 amide bonds. The van der Waals surface area contributed by atoms with Crippen molar-refractivity contribution in [2.45, 2.75) is 30.8 Å². The number of ether oxygens (including phenoxy) is 1. The van der Waals surface area contributed by atoms with Gasteiger partial charge in [0, 0.05) is 50.0 Å². The summed E-state index contributed by atoms with van der Waals surface area (Å²) < 4.78 is 19.6. The SMILES string of the molecule is CN=C(NCCSCc1ccccc1F)N1CC2C3CCC(O3)C2C1.I. The number of nitrogens with zero attached hydrogens (tertiary/aromatic N) is 2. The molecule has 4 rings (SSSR count). The molecule has 4 atom stereocenters. The zero-order chi connectivity index (χ0) is 17.2. The molecular formula is C19H27FIN3OS. The Morgan fingerprint density at radius 3 is 2.62 bits per heavy atom. The minimum absolute atomic E-state index is 0. The average Bonchev–Trinajstić information content (AvgIpc) is 3.32. The maximum Gasteiger partial charge on any atom is 0.193 e. The first kappa shape index (κ1) is 20.2. The number of fused-ring (bicyclic) bond motifs is 5. The molecule has 0 aromatic heterocycles. The highest BCUT2D eigenvalue weighted by atomic mass is 127. The van der Waals surface area contributed by atoms with Crippen LogP contribution < -0.4 is 5.32 Å². The Morgan fingerprint density at radius 2 is 1.96 bits per heavy atom. The number of halogens is 2. The van der Waals surface area contributed by atoms with Gasteiger partial charge in [0.15, 0.2) is 5.96 Å². The number of nitrogens with one attached hydrogen (secondary N) is 1. The lowest BCUT2D eigenvalue weighted by Gasteiger charge is -2.23. The number of benzene rings is 1. The van der Waals surface area contributed by atoms with Gasteiger partial charge in [0.05, 0.1) is 12.2 Å². The van der Waals surface area contributed by atoms with E-state index in [-0.39, 0.29) is 29.8 Å². The predicted molar refractivity (Wildman–Crippen MR) is 116 cm³/mol. The smallest absolute Gasteiger partial charge is 0.193 e. The van der Waals surface area contributed by atoms with E-state index in [1.807, 2.05) is 19.2 Å². The van der Waals surface area contributed by atoms with Crippen LogP contribution in [-0.2, 0) is 10.5 Å². The van der Waals surface area contributed by atoms with E-state index in [0.29, 0.717) is 29.8 Å². The molecule has 4 unspecified atom stereocenters. The molecule has 2 bridgehead atoms. The molecule has 3 saturated heterocycles. The van der Waals surface area contributed by atoms with E-state index in [0.717, 1.165) is 36.9 Å². The monoisotopic (exact) mass is 491 g/mol. The van der Waals surface area contributed by atoms with Crippen LogP contribution in [0.4, 0.5) is 4.39 Å². The lowest BCUT2D eigenvalue weighted by Crippen LogP contribution is -2.42. The van der Waals surface area contributed by atoms with Gasteiger partial charge in [0.2, 0.25) is 0 Å². The van der Waals surface area contributed by atoms with Crippen molar-refractivity contribution in [3.63, 3.8) is 0 Å². The van der Waals surface area contributed by atoms with Crippen LogP contribution >= 0.6 is 35.7 Å². The first-order valence-electron chi connectivity index (χ1n) is 9.18. The molecule has 1 N–H and O–H groups in total. The highest BCUT2D eigenvalue weighted by Crippen LogP contribution is 2.47. The van der Waals surface area contributed by atoms with E-state index in [2.05, 4.69) is 15.2 Å². The first-order chi connectivity index (χ1) is 12.3. The first-order valence-corrected chi connectivity index (χ1v) is 10.3. The van der Waals surface area contributed by atoms with Crippen LogP contribution in [-0.4, -0.2) is 55.5 Å². The highest BCUT2D eigenvalue weighted by molar-refractivity contribution is 14.0. The van der Waals surface area contributed by atoms with Crippen LogP contribution in [0.1, 0.15) is 18.4 Å². The summed E-state index contributed by atoms with van der Waals surface area (Å²) in [6.07, 6.45) is 3.43. The maximum absolute atomic E-state index is 13.6. The summed E-state index contributed by atoms with van der Waals surface area (Å²) in [7, 11) is 1.86. The van der Waals surface area contributed by atoms with Gasteiger partial charge in [-0.1, -0.05) is 18.2 Å². The van der Waals surface area contributed by atoms with Crippen molar-refractivity contribution >= 4 is 41.7 Å². The van der Waals surface area contributed by atoms with E-state index in [4.69, 9.17) is 4.74 Å². The van der Waals surface area contributed by atoms with Crippen LogP contribution in [0.2, 0.25) is 0 Å². The fraction of sp³-hybridized carbons (Fsp3) is 0.632. The quantitative estimate of drug-likeness (QED) is 0.297. The van der Waals surface area contributed by atoms with Crippen LogP contribution in [0.3, 0.4) is 0 Å². The van der Waals surface area contributed by atoms with Crippen molar-refractivity contribution < 1.29 is 9.13 Å². The van der Waals surface area contributed by atoms with Gasteiger partial charge in [-0.15, -0.1) is 24.0 Å². The Labute approximate surface area is 176 Å². The van der Waals surface area contributed by atoms with E-state index in [1.54, 1.807) is 17.8 Å². The van der Waals surface area contributed by atoms with Crippen molar-refractivity contribution in [3.05, 3.63) is 35.6 Å². The van der Waals surface area contributed by atoms with Crippen LogP contribution in [0, 0.1) is 17.7 Å². The maximum atomic E-state index is 13.6. The standard InChI is InChI=1S/C19H26FN3OS.HI/c1-21-19(22-8-9-25-12-13-4-2-3-5-16(13)20)23-10-14-15(11-23)18-7-6-17(14)24-18;/h2-5,14-15,17-18H,6-12H2,1H3,(H,21,22);1H. The fourth-order valence-electron chi connectivity index (χ4n) is 4.50. The number of rotatable bonds is 5. The molecular weight excluding hydrogens is 464 g/mol. The molecule has 0 aliphatic carbocycles. The number of likely N-dealkylation sites (tertiary alicyclic amines) is 1. The topological polar surface area (TPSA) is 36.9 Å². The van der Waals surface area contributed by atoms with Gasteiger partial charge in [-0.3, -0.25) is 4.99 Å². The summed E-state index contributed by atoms with van der Waals surface area (Å²) in [5.41, 5.74) is 0.778. The number of thioether (sulfide) groups is 1. The fourth-order valence-corrected chi connectivity index (χ4v) is 5.34. The molecule has 1 aromatic carbocycles. The van der Waals surface area contributed by atoms with E-state index < -0.39 is 0 Å². The Balaban J connectivity index is 0.00000196. The van der Waals surface area contributed by atoms with Gasteiger partial charge >= 0.3 is 0 Å². The second-order valence-corrected chi connectivity index (χ2v) is 8.25. The van der Waals surface area contributed by atoms with Crippen LogP contribution in [0.5, 0.6) is 0 Å². The Morgan fingerprint density at radius 1 is 1.27 bits per heavy atom. The molecule has 3 aliphatic heterocycles. The van der Waals surface area contributed by atoms with Crippen molar-refractivity contribution in [1.82, 2.24) is 10.2 Å². The summed E-state index contributed by atoms with van der Waals surface area (Å²) in [5.74, 6) is 3.91. The zero-order valence-corrected chi connectivity index (χ0v) is 18.2. The van der Waals surface area contributed by atoms with E-state index >= 15 is 0 Å². The third-order valence-electron chi connectivity index (χ3n) is 5.71. The molecule has 3 aliphatic rings. The third-order valence-corrected chi connectivity index (χ3v) is 6.72. The lowest BCUT2D eigenvalue weighted by atomic mass is 9.82. The van der Waals surface area contributed by atoms with E-state index in [9.17, 15) is 4.39 Å². The number of hydrogen-bond acceptors (Lipinski definition) is 3. The van der Waals surface area contributed by atoms with Gasteiger partial charge in [-0.25, -0.2) is 4.39 Å². The molecule has 7 heteroatoms. The van der Waals surface area contributed by atoms with Crippen molar-refractivity contribution in [3.8, 4) is 0 Å². The Hall–Kier alpha value is -0.540. The van der Waals surface area contributed by atoms with Gasteiger partial charge in [0.1, 0.15) is 5.82 Å². The van der Waals surface area contributed by atoms with Crippen LogP contribution in [0.15, 0.2) is 29.3 Å². The van der Waals surface area contributed by atoms with Gasteiger partial charge in [-0.2, -0.15) is 11.8 Å². The molecule has 26 heavy (non-hydrogen) atoms. The summed E-state index contributed by atoms with van der Waals surface area (Å²) in [5, 5.41) is 3.47. The van der Waals surface area contributed by atoms with Crippen molar-refractivity contribution in [2.24, 2.45) is 16.8 Å². The lowest BCUT2D eigenvalue weighted by molar-refractivity contribution is 0.0767. The third kappa shape index (κ3) is 4.14. The molecule has 1 aromatic rings. The second-order valence-electron chi connectivity index (χ2n) is 7.14. The molecule has 3 fully saturated rings. The largest absolute Gasteiger partial charge is 0.374 e. The number of aliphatic imine (C=N–C) groups is 1. The normalized spacial score (nSPS) is 29.6. The summed E-state index contributed by atoms with van der Waals surface area (Å²) in [4.78, 5) is 6.85. The molecule has 3 heterocycles. The molecule has 4 nitrogen and oxygen atoms in total. The van der Waals surface area contributed by atoms with Gasteiger partial charge in [-0.05, 0) is 24.5 Å². The molecule has 0 radical (unpaired) electrons. The minimum atomic E-state index is -0.112. The van der Waals surface area contributed by atoms with Crippen molar-refractivity contribution in [2.75, 3.05) is 32.4 Å². The highest BCUT2D eigenvalue weighted by Gasteiger charge is 2.53. The van der Waals surface area contributed by atoms with Gasteiger partial charge in [0.25, 0.3) is 0 Å². The minimum Gasteiger partial charge on any atom is -0.374 e. The average molecular weight is 491 g/mol. The Bertz CT molecular complexity index is 629. The van der Waals surface area contributed by atoms with E-state index in [1.165, 1.54) is 18.9 Å². The molecule has 144 valence electrons. The summed E-state index contributed by atoms with van der Waals surface area (Å²) in [6.45, 7) is 2.97. The second kappa shape index (κ2) is 9.10. The predicted octanol–water partition coefficient (Wildman–Crippen LogP) is 3.36. The zero-order valence-electron chi connectivity index (χ0n) is 15.1. The summed E-state index contributed by atoms with van der Waals surface area (Å²) in [6, 6.07) is 7.00. The molecule has 0 saturated carbocycles. The Kier molecular flexibility index (Phi) is 7.07. The summed E-state index contributed by atoms with van der Waals surface area (Å²) >= 11 is 1.75.